The van der Waals surface area contributed by atoms with Crippen LogP contribution in [0.2, 0.25) is 0 Å². The summed E-state index contributed by atoms with van der Waals surface area (Å²) in [6, 6.07) is 7.55. The molecule has 6 nitrogen and oxygen atoms in total. The van der Waals surface area contributed by atoms with E-state index in [0.717, 1.165) is 5.56 Å². The summed E-state index contributed by atoms with van der Waals surface area (Å²) in [6.45, 7) is 0. The van der Waals surface area contributed by atoms with Crippen molar-refractivity contribution in [3.63, 3.8) is 0 Å². The molecule has 1 aromatic carbocycles. The Bertz CT molecular complexity index is 702. The monoisotopic (exact) mass is 332 g/mol. The van der Waals surface area contributed by atoms with Crippen LogP contribution in [0.15, 0.2) is 42.6 Å². The molecule has 0 bridgehead atoms. The van der Waals surface area contributed by atoms with Crippen molar-refractivity contribution in [2.24, 2.45) is 0 Å². The summed E-state index contributed by atoms with van der Waals surface area (Å²) in [7, 11) is 2.74. The molecule has 0 radical (unpaired) electrons. The summed E-state index contributed by atoms with van der Waals surface area (Å²) in [6.07, 6.45) is 1.76. The zero-order valence-corrected chi connectivity index (χ0v) is 13.3. The minimum absolute atomic E-state index is 0.205. The molecule has 1 aromatic heterocycles. The van der Waals surface area contributed by atoms with Gasteiger partial charge in [0.2, 0.25) is 5.88 Å². The van der Waals surface area contributed by atoms with E-state index < -0.39 is 23.7 Å². The van der Waals surface area contributed by atoms with Gasteiger partial charge in [-0.1, -0.05) is 6.07 Å². The fraction of sp³-hybridized carbons (Fsp3) is 0.235. The van der Waals surface area contributed by atoms with Crippen LogP contribution in [0.4, 0.5) is 4.39 Å². The molecule has 126 valence electrons. The number of rotatable bonds is 6. The van der Waals surface area contributed by atoms with E-state index in [1.165, 1.54) is 38.5 Å². The molecule has 0 fully saturated rings. The van der Waals surface area contributed by atoms with Crippen molar-refractivity contribution in [1.29, 1.82) is 0 Å². The van der Waals surface area contributed by atoms with Crippen molar-refractivity contribution in [1.82, 2.24) is 10.3 Å². The van der Waals surface area contributed by atoms with Crippen LogP contribution in [0.1, 0.15) is 15.9 Å². The summed E-state index contributed by atoms with van der Waals surface area (Å²) in [4.78, 5) is 28.2. The molecule has 1 amide bonds. The maximum absolute atomic E-state index is 12.9. The van der Waals surface area contributed by atoms with Gasteiger partial charge in [-0.25, -0.2) is 14.2 Å². The summed E-state index contributed by atoms with van der Waals surface area (Å²) in [5.74, 6) is -1.07. The van der Waals surface area contributed by atoms with Crippen LogP contribution in [0.3, 0.4) is 0 Å². The molecule has 0 saturated heterocycles. The van der Waals surface area contributed by atoms with E-state index in [1.807, 2.05) is 0 Å². The molecular formula is C17H17FN2O4. The first-order valence-electron chi connectivity index (χ1n) is 7.16. The molecule has 2 aromatic rings. The van der Waals surface area contributed by atoms with E-state index in [2.05, 4.69) is 10.3 Å². The second-order valence-electron chi connectivity index (χ2n) is 4.97. The van der Waals surface area contributed by atoms with Crippen LogP contribution in [0.5, 0.6) is 5.88 Å². The number of esters is 1. The van der Waals surface area contributed by atoms with Gasteiger partial charge in [-0.05, 0) is 29.8 Å². The lowest BCUT2D eigenvalue weighted by Gasteiger charge is -2.16. The molecular weight excluding hydrogens is 315 g/mol. The third kappa shape index (κ3) is 4.52. The topological polar surface area (TPSA) is 77.5 Å². The number of hydrogen-bond acceptors (Lipinski definition) is 5. The highest BCUT2D eigenvalue weighted by Gasteiger charge is 2.22. The van der Waals surface area contributed by atoms with Crippen LogP contribution < -0.4 is 10.1 Å². The Morgan fingerprint density at radius 1 is 1.17 bits per heavy atom. The predicted molar refractivity (Wildman–Crippen MR) is 84.2 cm³/mol. The molecule has 1 N–H and O–H groups in total. The standard InChI is InChI=1S/C17H17FN2O4/c1-23-15-8-3-11(10-19-15)9-14(17(22)24-2)20-16(21)12-4-6-13(18)7-5-12/h3-8,10,14H,9H2,1-2H3,(H,20,21)/t14-/m0/s1. The fourth-order valence-corrected chi connectivity index (χ4v) is 2.07. The lowest BCUT2D eigenvalue weighted by Crippen LogP contribution is -2.43. The summed E-state index contributed by atoms with van der Waals surface area (Å²) < 4.78 is 22.6. The molecule has 1 atom stereocenters. The second-order valence-corrected chi connectivity index (χ2v) is 4.97. The highest BCUT2D eigenvalue weighted by molar-refractivity contribution is 5.96. The van der Waals surface area contributed by atoms with Gasteiger partial charge in [0, 0.05) is 24.2 Å². The fourth-order valence-electron chi connectivity index (χ4n) is 2.07. The van der Waals surface area contributed by atoms with Crippen LogP contribution >= 0.6 is 0 Å². The van der Waals surface area contributed by atoms with Gasteiger partial charge in [0.15, 0.2) is 0 Å². The molecule has 0 spiro atoms. The number of methoxy groups -OCH3 is 2. The number of ether oxygens (including phenoxy) is 2. The van der Waals surface area contributed by atoms with Gasteiger partial charge in [0.25, 0.3) is 5.91 Å². The van der Waals surface area contributed by atoms with E-state index in [-0.39, 0.29) is 12.0 Å². The largest absolute Gasteiger partial charge is 0.481 e. The quantitative estimate of drug-likeness (QED) is 0.816. The number of nitrogens with zero attached hydrogens (tertiary/aromatic N) is 1. The van der Waals surface area contributed by atoms with E-state index in [1.54, 1.807) is 18.3 Å². The Kier molecular flexibility index (Phi) is 5.83. The van der Waals surface area contributed by atoms with Crippen LogP contribution in [0.25, 0.3) is 0 Å². The number of carbonyl (C=O) groups is 2. The smallest absolute Gasteiger partial charge is 0.328 e. The Balaban J connectivity index is 2.11. The van der Waals surface area contributed by atoms with Gasteiger partial charge < -0.3 is 14.8 Å². The maximum atomic E-state index is 12.9. The zero-order chi connectivity index (χ0) is 17.5. The van der Waals surface area contributed by atoms with Gasteiger partial charge in [-0.15, -0.1) is 0 Å². The highest BCUT2D eigenvalue weighted by Crippen LogP contribution is 2.10. The third-order valence-electron chi connectivity index (χ3n) is 3.34. The lowest BCUT2D eigenvalue weighted by molar-refractivity contribution is -0.142. The third-order valence-corrected chi connectivity index (χ3v) is 3.34. The van der Waals surface area contributed by atoms with Crippen LogP contribution in [0, 0.1) is 5.82 Å². The Morgan fingerprint density at radius 3 is 2.42 bits per heavy atom. The highest BCUT2D eigenvalue weighted by atomic mass is 19.1. The first-order chi connectivity index (χ1) is 11.5. The van der Waals surface area contributed by atoms with Gasteiger partial charge >= 0.3 is 5.97 Å². The number of nitrogens with one attached hydrogen (secondary N) is 1. The number of hydrogen-bond donors (Lipinski definition) is 1. The van der Waals surface area contributed by atoms with Gasteiger partial charge in [-0.3, -0.25) is 4.79 Å². The Labute approximate surface area is 138 Å². The molecule has 0 aliphatic heterocycles. The molecule has 0 aliphatic rings. The first kappa shape index (κ1) is 17.4. The van der Waals surface area contributed by atoms with Crippen molar-refractivity contribution >= 4 is 11.9 Å². The molecule has 1 heterocycles. The van der Waals surface area contributed by atoms with Gasteiger partial charge in [-0.2, -0.15) is 0 Å². The average molecular weight is 332 g/mol. The summed E-state index contributed by atoms with van der Waals surface area (Å²) in [5.41, 5.74) is 0.976. The lowest BCUT2D eigenvalue weighted by atomic mass is 10.1. The number of pyridine rings is 1. The van der Waals surface area contributed by atoms with Crippen molar-refractivity contribution < 1.29 is 23.5 Å². The number of aromatic nitrogens is 1. The van der Waals surface area contributed by atoms with Gasteiger partial charge in [0.1, 0.15) is 11.9 Å². The Hall–Kier alpha value is -2.96. The molecule has 2 rings (SSSR count). The minimum Gasteiger partial charge on any atom is -0.481 e. The molecule has 0 aliphatic carbocycles. The van der Waals surface area contributed by atoms with E-state index >= 15 is 0 Å². The van der Waals surface area contributed by atoms with Gasteiger partial charge in [0.05, 0.1) is 14.2 Å². The normalized spacial score (nSPS) is 11.5. The summed E-state index contributed by atoms with van der Waals surface area (Å²) >= 11 is 0. The SMILES string of the molecule is COC(=O)[C@H](Cc1ccc(OC)nc1)NC(=O)c1ccc(F)cc1. The number of carbonyl (C=O) groups excluding carboxylic acids is 2. The summed E-state index contributed by atoms with van der Waals surface area (Å²) in [5, 5.41) is 2.59. The average Bonchev–Trinajstić information content (AvgIpc) is 2.61. The molecule has 7 heteroatoms. The molecule has 0 saturated carbocycles. The Morgan fingerprint density at radius 2 is 1.88 bits per heavy atom. The van der Waals surface area contributed by atoms with Crippen molar-refractivity contribution in [3.05, 3.63) is 59.5 Å². The minimum atomic E-state index is -0.886. The maximum Gasteiger partial charge on any atom is 0.328 e. The van der Waals surface area contributed by atoms with Crippen molar-refractivity contribution in [2.75, 3.05) is 14.2 Å². The number of amides is 1. The zero-order valence-electron chi connectivity index (χ0n) is 13.3. The number of benzene rings is 1. The number of halogens is 1. The molecule has 0 unspecified atom stereocenters. The van der Waals surface area contributed by atoms with Crippen molar-refractivity contribution in [2.45, 2.75) is 12.5 Å². The molecule has 24 heavy (non-hydrogen) atoms. The van der Waals surface area contributed by atoms with Crippen LogP contribution in [-0.4, -0.2) is 37.1 Å². The van der Waals surface area contributed by atoms with E-state index in [0.29, 0.717) is 5.88 Å². The van der Waals surface area contributed by atoms with E-state index in [9.17, 15) is 14.0 Å². The van der Waals surface area contributed by atoms with E-state index in [4.69, 9.17) is 9.47 Å². The first-order valence-corrected chi connectivity index (χ1v) is 7.16. The van der Waals surface area contributed by atoms with Crippen molar-refractivity contribution in [3.8, 4) is 5.88 Å². The second kappa shape index (κ2) is 8.05. The van der Waals surface area contributed by atoms with Crippen LogP contribution in [-0.2, 0) is 16.0 Å². The predicted octanol–water partition coefficient (Wildman–Crippen LogP) is 1.74.